The fourth-order valence-electron chi connectivity index (χ4n) is 3.32. The zero-order valence-electron chi connectivity index (χ0n) is 16.4. The summed E-state index contributed by atoms with van der Waals surface area (Å²) in [6, 6.07) is 0.102. The van der Waals surface area contributed by atoms with Crippen molar-refractivity contribution < 1.29 is 9.53 Å². The minimum atomic E-state index is -0.0797. The maximum absolute atomic E-state index is 12.2. The van der Waals surface area contributed by atoms with Crippen molar-refractivity contribution in [2.24, 2.45) is 0 Å². The van der Waals surface area contributed by atoms with Crippen LogP contribution < -0.4 is 10.1 Å². The summed E-state index contributed by atoms with van der Waals surface area (Å²) in [5.74, 6) is 1.05. The molecule has 6 nitrogen and oxygen atoms in total. The third-order valence-electron chi connectivity index (χ3n) is 4.89. The normalized spacial score (nSPS) is 17.6. The number of aryl methyl sites for hydroxylation is 1. The lowest BCUT2D eigenvalue weighted by atomic mass is 10.1. The van der Waals surface area contributed by atoms with Crippen molar-refractivity contribution in [3.05, 3.63) is 23.0 Å². The quantitative estimate of drug-likeness (QED) is 0.849. The van der Waals surface area contributed by atoms with Gasteiger partial charge in [-0.05, 0) is 34.6 Å². The average molecular weight is 348 g/mol. The van der Waals surface area contributed by atoms with Gasteiger partial charge in [0.05, 0.1) is 18.8 Å². The summed E-state index contributed by atoms with van der Waals surface area (Å²) in [6.45, 7) is 14.6. The second-order valence-electron chi connectivity index (χ2n) is 7.20. The van der Waals surface area contributed by atoms with E-state index in [9.17, 15) is 4.79 Å². The van der Waals surface area contributed by atoms with Gasteiger partial charge >= 0.3 is 0 Å². The van der Waals surface area contributed by atoms with Gasteiger partial charge in [-0.1, -0.05) is 0 Å². The number of carbonyl (C=O) groups excluding carboxylic acids is 1. The van der Waals surface area contributed by atoms with Crippen LogP contribution in [0, 0.1) is 13.8 Å². The number of hydrogen-bond donors (Lipinski definition) is 1. The Bertz CT molecular complexity index is 595. The molecule has 1 aromatic rings. The highest BCUT2D eigenvalue weighted by molar-refractivity contribution is 5.81. The van der Waals surface area contributed by atoms with Crippen molar-refractivity contribution in [2.45, 2.75) is 53.2 Å². The Morgan fingerprint density at radius 2 is 1.88 bits per heavy atom. The van der Waals surface area contributed by atoms with E-state index in [1.54, 1.807) is 7.11 Å². The van der Waals surface area contributed by atoms with Crippen LogP contribution in [0.5, 0.6) is 5.75 Å². The van der Waals surface area contributed by atoms with Gasteiger partial charge in [0.15, 0.2) is 0 Å². The van der Waals surface area contributed by atoms with Crippen LogP contribution in [0.25, 0.3) is 0 Å². The molecule has 1 N–H and O–H groups in total. The van der Waals surface area contributed by atoms with Gasteiger partial charge in [0.25, 0.3) is 0 Å². The van der Waals surface area contributed by atoms with Gasteiger partial charge in [-0.25, -0.2) is 0 Å². The molecule has 1 aliphatic rings. The summed E-state index contributed by atoms with van der Waals surface area (Å²) in [6.07, 6.45) is 1.88. The Labute approximate surface area is 151 Å². The molecule has 1 aromatic heterocycles. The number of carbonyl (C=O) groups is 1. The van der Waals surface area contributed by atoms with Crippen LogP contribution in [0.4, 0.5) is 0 Å². The fraction of sp³-hybridized carbons (Fsp3) is 0.684. The van der Waals surface area contributed by atoms with Crippen molar-refractivity contribution in [2.75, 3.05) is 33.3 Å². The van der Waals surface area contributed by atoms with E-state index in [-0.39, 0.29) is 18.0 Å². The van der Waals surface area contributed by atoms with Crippen LogP contribution in [-0.4, -0.2) is 66.1 Å². The van der Waals surface area contributed by atoms with Crippen molar-refractivity contribution in [3.63, 3.8) is 0 Å². The summed E-state index contributed by atoms with van der Waals surface area (Å²) in [4.78, 5) is 21.4. The molecule has 6 heteroatoms. The molecule has 0 aromatic carbocycles. The molecule has 2 heterocycles. The second-order valence-corrected chi connectivity index (χ2v) is 7.20. The Morgan fingerprint density at radius 3 is 2.44 bits per heavy atom. The van der Waals surface area contributed by atoms with Gasteiger partial charge in [0.1, 0.15) is 5.75 Å². The number of amides is 1. The zero-order valence-corrected chi connectivity index (χ0v) is 16.4. The van der Waals surface area contributed by atoms with Crippen molar-refractivity contribution in [1.29, 1.82) is 0 Å². The van der Waals surface area contributed by atoms with E-state index in [0.717, 1.165) is 55.3 Å². The number of pyridine rings is 1. The molecular weight excluding hydrogens is 316 g/mol. The van der Waals surface area contributed by atoms with Crippen molar-refractivity contribution in [3.8, 4) is 5.75 Å². The van der Waals surface area contributed by atoms with E-state index in [4.69, 9.17) is 4.74 Å². The Balaban J connectivity index is 1.92. The molecule has 1 aliphatic heterocycles. The lowest BCUT2D eigenvalue weighted by Gasteiger charge is -2.37. The first-order valence-electron chi connectivity index (χ1n) is 9.09. The van der Waals surface area contributed by atoms with Gasteiger partial charge in [-0.15, -0.1) is 0 Å². The number of piperazine rings is 1. The van der Waals surface area contributed by atoms with Crippen LogP contribution >= 0.6 is 0 Å². The summed E-state index contributed by atoms with van der Waals surface area (Å²) < 4.78 is 5.50. The number of nitrogens with zero attached hydrogens (tertiary/aromatic N) is 3. The van der Waals surface area contributed by atoms with Crippen LogP contribution in [-0.2, 0) is 11.3 Å². The molecule has 0 spiro atoms. The molecule has 1 atom stereocenters. The molecule has 1 unspecified atom stereocenters. The number of ether oxygens (including phenoxy) is 1. The summed E-state index contributed by atoms with van der Waals surface area (Å²) >= 11 is 0. The maximum Gasteiger partial charge on any atom is 0.237 e. The molecule has 140 valence electrons. The van der Waals surface area contributed by atoms with Crippen LogP contribution in [0.1, 0.15) is 37.6 Å². The fourth-order valence-corrected chi connectivity index (χ4v) is 3.32. The second kappa shape index (κ2) is 8.63. The summed E-state index contributed by atoms with van der Waals surface area (Å²) in [7, 11) is 1.71. The molecule has 2 rings (SSSR count). The highest BCUT2D eigenvalue weighted by Crippen LogP contribution is 2.25. The molecule has 0 radical (unpaired) electrons. The third-order valence-corrected chi connectivity index (χ3v) is 4.89. The van der Waals surface area contributed by atoms with E-state index in [0.29, 0.717) is 0 Å². The summed E-state index contributed by atoms with van der Waals surface area (Å²) in [5, 5.41) is 3.00. The smallest absolute Gasteiger partial charge is 0.237 e. The highest BCUT2D eigenvalue weighted by Gasteiger charge is 2.26. The number of methoxy groups -OCH3 is 1. The van der Waals surface area contributed by atoms with Gasteiger partial charge in [0.2, 0.25) is 5.91 Å². The van der Waals surface area contributed by atoms with E-state index in [2.05, 4.69) is 27.0 Å². The molecule has 1 saturated heterocycles. The minimum absolute atomic E-state index is 0.0797. The Kier molecular flexibility index (Phi) is 6.79. The zero-order chi connectivity index (χ0) is 18.6. The van der Waals surface area contributed by atoms with Crippen LogP contribution in [0.15, 0.2) is 6.20 Å². The predicted octanol–water partition coefficient (Wildman–Crippen LogP) is 1.74. The van der Waals surface area contributed by atoms with Gasteiger partial charge in [-0.2, -0.15) is 0 Å². The first kappa shape index (κ1) is 19.7. The van der Waals surface area contributed by atoms with E-state index in [1.807, 2.05) is 33.9 Å². The highest BCUT2D eigenvalue weighted by atomic mass is 16.5. The summed E-state index contributed by atoms with van der Waals surface area (Å²) in [5.41, 5.74) is 3.26. The SMILES string of the molecule is COc1c(C)cnc(CN2CCN(C(C)C(=O)NC(C)C)CC2)c1C. The van der Waals surface area contributed by atoms with Crippen LogP contribution in [0.3, 0.4) is 0 Å². The lowest BCUT2D eigenvalue weighted by Crippen LogP contribution is -2.54. The number of aromatic nitrogens is 1. The molecule has 0 bridgehead atoms. The number of nitrogens with one attached hydrogen (secondary N) is 1. The molecule has 0 saturated carbocycles. The monoisotopic (exact) mass is 348 g/mol. The van der Waals surface area contributed by atoms with E-state index >= 15 is 0 Å². The van der Waals surface area contributed by atoms with E-state index < -0.39 is 0 Å². The topological polar surface area (TPSA) is 57.7 Å². The maximum atomic E-state index is 12.2. The van der Waals surface area contributed by atoms with Crippen LogP contribution in [0.2, 0.25) is 0 Å². The Morgan fingerprint density at radius 1 is 1.24 bits per heavy atom. The first-order valence-corrected chi connectivity index (χ1v) is 9.09. The number of rotatable bonds is 6. The average Bonchev–Trinajstić information content (AvgIpc) is 2.57. The first-order chi connectivity index (χ1) is 11.8. The number of hydrogen-bond acceptors (Lipinski definition) is 5. The van der Waals surface area contributed by atoms with E-state index in [1.165, 1.54) is 0 Å². The molecule has 25 heavy (non-hydrogen) atoms. The van der Waals surface area contributed by atoms with Gasteiger partial charge in [-0.3, -0.25) is 19.6 Å². The largest absolute Gasteiger partial charge is 0.496 e. The lowest BCUT2D eigenvalue weighted by molar-refractivity contribution is -0.127. The van der Waals surface area contributed by atoms with Crippen molar-refractivity contribution >= 4 is 5.91 Å². The third kappa shape index (κ3) is 4.92. The molecule has 0 aliphatic carbocycles. The van der Waals surface area contributed by atoms with Gasteiger partial charge < -0.3 is 10.1 Å². The molecule has 1 amide bonds. The minimum Gasteiger partial charge on any atom is -0.496 e. The Hall–Kier alpha value is -1.66. The molecule has 1 fully saturated rings. The van der Waals surface area contributed by atoms with Gasteiger partial charge in [0, 0.05) is 56.1 Å². The van der Waals surface area contributed by atoms with Crippen molar-refractivity contribution in [1.82, 2.24) is 20.1 Å². The standard InChI is InChI=1S/C19H32N4O2/c1-13(2)21-19(24)16(5)23-9-7-22(8-10-23)12-17-15(4)18(25-6)14(3)11-20-17/h11,13,16H,7-10,12H2,1-6H3,(H,21,24). The molecular formula is C19H32N4O2. The predicted molar refractivity (Wildman–Crippen MR) is 99.9 cm³/mol.